The van der Waals surface area contributed by atoms with E-state index in [1.807, 2.05) is 6.07 Å². The van der Waals surface area contributed by atoms with Crippen molar-refractivity contribution in [2.75, 3.05) is 6.61 Å². The number of ether oxygens (including phenoxy) is 4. The number of aromatic nitrogens is 2. The third kappa shape index (κ3) is 6.67. The highest BCUT2D eigenvalue weighted by Crippen LogP contribution is 2.35. The molecule has 0 spiro atoms. The van der Waals surface area contributed by atoms with Crippen molar-refractivity contribution < 1.29 is 33.3 Å². The molecule has 4 atom stereocenters. The van der Waals surface area contributed by atoms with Gasteiger partial charge in [0.05, 0.1) is 0 Å². The molecule has 1 saturated heterocycles. The lowest BCUT2D eigenvalue weighted by atomic mass is 10.1. The molecule has 0 saturated carbocycles. The number of nitrogens with zero attached hydrogens (tertiary/aromatic N) is 3. The van der Waals surface area contributed by atoms with Crippen LogP contribution in [0.15, 0.2) is 6.20 Å². The first-order chi connectivity index (χ1) is 14.4. The third-order valence-electron chi connectivity index (χ3n) is 4.01. The lowest BCUT2D eigenvalue weighted by molar-refractivity contribution is -0.166. The van der Waals surface area contributed by atoms with E-state index in [2.05, 4.69) is 36.1 Å². The second-order valence-corrected chi connectivity index (χ2v) is 12.7. The monoisotopic (exact) mass is 447 g/mol. The van der Waals surface area contributed by atoms with Gasteiger partial charge in [-0.25, -0.2) is 4.98 Å². The van der Waals surface area contributed by atoms with Crippen LogP contribution in [0.3, 0.4) is 0 Å². The highest BCUT2D eigenvalue weighted by Gasteiger charge is 2.51. The third-order valence-corrected chi connectivity index (χ3v) is 4.89. The molecule has 0 aliphatic carbocycles. The predicted octanol–water partition coefficient (Wildman–Crippen LogP) is 1.31. The van der Waals surface area contributed by atoms with Gasteiger partial charge in [-0.05, 0) is 5.92 Å². The summed E-state index contributed by atoms with van der Waals surface area (Å²) < 4.78 is 23.3. The van der Waals surface area contributed by atoms with E-state index in [1.54, 1.807) is 0 Å². The Hall–Kier alpha value is -3.15. The minimum absolute atomic E-state index is 0.0949. The van der Waals surface area contributed by atoms with E-state index >= 15 is 0 Å². The van der Waals surface area contributed by atoms with Gasteiger partial charge in [0, 0.05) is 27.0 Å². The van der Waals surface area contributed by atoms with Gasteiger partial charge in [-0.15, -0.1) is 5.54 Å². The molecular weight excluding hydrogens is 422 g/mol. The van der Waals surface area contributed by atoms with Gasteiger partial charge in [-0.3, -0.25) is 19.0 Å². The van der Waals surface area contributed by atoms with Gasteiger partial charge in [0.25, 0.3) is 0 Å². The van der Waals surface area contributed by atoms with Crippen molar-refractivity contribution in [3.8, 4) is 17.5 Å². The molecule has 1 aromatic rings. The van der Waals surface area contributed by atoms with Crippen LogP contribution >= 0.6 is 0 Å². The second-order valence-electron chi connectivity index (χ2n) is 7.98. The molecule has 2 heterocycles. The molecule has 10 nitrogen and oxygen atoms in total. The Morgan fingerprint density at radius 2 is 1.74 bits per heavy atom. The molecule has 1 aliphatic heterocycles. The van der Waals surface area contributed by atoms with Gasteiger partial charge in [0.15, 0.2) is 30.0 Å². The van der Waals surface area contributed by atoms with Crippen LogP contribution in [0, 0.1) is 22.8 Å². The molecule has 0 bridgehead atoms. The van der Waals surface area contributed by atoms with Crippen LogP contribution in [0.1, 0.15) is 38.5 Å². The molecule has 166 valence electrons. The standard InChI is InChI=1S/C20H25N3O7Si/c1-12(24)27-11-16-18(28-13(2)25)19(29-14(3)26)20(30-16)23-10-15(9-21)22-17(23)7-8-31(4,5)6/h10,16,18-20H,11H2,1-6H3/t16-,18-,19-,20-/m1/s1. The number of esters is 3. The molecule has 0 amide bonds. The van der Waals surface area contributed by atoms with Gasteiger partial charge in [0.2, 0.25) is 0 Å². The molecule has 2 rings (SSSR count). The number of imidazole rings is 1. The zero-order chi connectivity index (χ0) is 23.3. The van der Waals surface area contributed by atoms with Crippen molar-refractivity contribution in [1.29, 1.82) is 5.26 Å². The first-order valence-electron chi connectivity index (χ1n) is 9.56. The summed E-state index contributed by atoms with van der Waals surface area (Å²) in [5, 5.41) is 9.31. The fraction of sp³-hybridized carbons (Fsp3) is 0.550. The van der Waals surface area contributed by atoms with Gasteiger partial charge in [-0.1, -0.05) is 19.6 Å². The Labute approximate surface area is 181 Å². The minimum atomic E-state index is -1.77. The molecule has 0 radical (unpaired) electrons. The van der Waals surface area contributed by atoms with E-state index in [9.17, 15) is 19.6 Å². The number of carbonyl (C=O) groups is 3. The van der Waals surface area contributed by atoms with E-state index in [0.717, 1.165) is 0 Å². The Morgan fingerprint density at radius 3 is 2.26 bits per heavy atom. The van der Waals surface area contributed by atoms with Crippen LogP contribution in [-0.4, -0.2) is 60.5 Å². The van der Waals surface area contributed by atoms with E-state index in [0.29, 0.717) is 0 Å². The van der Waals surface area contributed by atoms with Crippen molar-refractivity contribution in [1.82, 2.24) is 9.55 Å². The molecule has 1 aliphatic rings. The molecule has 11 heteroatoms. The minimum Gasteiger partial charge on any atom is -0.463 e. The lowest BCUT2D eigenvalue weighted by Gasteiger charge is -2.24. The molecule has 1 fully saturated rings. The topological polar surface area (TPSA) is 130 Å². The first-order valence-corrected chi connectivity index (χ1v) is 13.1. The van der Waals surface area contributed by atoms with Gasteiger partial charge < -0.3 is 18.9 Å². The number of carbonyl (C=O) groups excluding carboxylic acids is 3. The summed E-state index contributed by atoms with van der Waals surface area (Å²) in [6.45, 7) is 9.58. The fourth-order valence-corrected chi connectivity index (χ4v) is 3.38. The van der Waals surface area contributed by atoms with E-state index in [4.69, 9.17) is 18.9 Å². The molecule has 31 heavy (non-hydrogen) atoms. The van der Waals surface area contributed by atoms with Crippen LogP contribution in [0.2, 0.25) is 19.6 Å². The van der Waals surface area contributed by atoms with E-state index in [1.165, 1.54) is 31.5 Å². The quantitative estimate of drug-likeness (QED) is 0.284. The lowest BCUT2D eigenvalue weighted by Crippen LogP contribution is -2.40. The van der Waals surface area contributed by atoms with Crippen molar-refractivity contribution in [2.45, 2.75) is 65.0 Å². The highest BCUT2D eigenvalue weighted by molar-refractivity contribution is 6.83. The Bertz CT molecular complexity index is 964. The first kappa shape index (κ1) is 24.1. The molecule has 0 N–H and O–H groups in total. The smallest absolute Gasteiger partial charge is 0.303 e. The van der Waals surface area contributed by atoms with Crippen LogP contribution in [-0.2, 0) is 33.3 Å². The van der Waals surface area contributed by atoms with Gasteiger partial charge >= 0.3 is 17.9 Å². The maximum atomic E-state index is 11.8. The molecular formula is C20H25N3O7Si. The van der Waals surface area contributed by atoms with Crippen molar-refractivity contribution in [3.05, 3.63) is 17.7 Å². The second kappa shape index (κ2) is 9.77. The summed E-state index contributed by atoms with van der Waals surface area (Å²) in [7, 11) is -1.77. The van der Waals surface area contributed by atoms with E-state index in [-0.39, 0.29) is 18.1 Å². The highest BCUT2D eigenvalue weighted by atomic mass is 28.3. The fourth-order valence-electron chi connectivity index (χ4n) is 2.89. The number of hydrogen-bond donors (Lipinski definition) is 0. The molecule has 1 aromatic heterocycles. The molecule has 0 aromatic carbocycles. The zero-order valence-corrected chi connectivity index (χ0v) is 19.3. The summed E-state index contributed by atoms with van der Waals surface area (Å²) in [5.41, 5.74) is 3.26. The van der Waals surface area contributed by atoms with Crippen molar-refractivity contribution in [2.24, 2.45) is 0 Å². The predicted molar refractivity (Wildman–Crippen MR) is 109 cm³/mol. The van der Waals surface area contributed by atoms with Gasteiger partial charge in [0.1, 0.15) is 26.9 Å². The Morgan fingerprint density at radius 1 is 1.13 bits per heavy atom. The number of rotatable bonds is 5. The summed E-state index contributed by atoms with van der Waals surface area (Å²) in [5.74, 6) is 1.43. The number of hydrogen-bond acceptors (Lipinski definition) is 9. The summed E-state index contributed by atoms with van der Waals surface area (Å²) in [4.78, 5) is 39.0. The Kier molecular flexibility index (Phi) is 7.60. The Balaban J connectivity index is 2.53. The van der Waals surface area contributed by atoms with Crippen LogP contribution in [0.4, 0.5) is 0 Å². The largest absolute Gasteiger partial charge is 0.463 e. The normalized spacial score (nSPS) is 22.6. The average Bonchev–Trinajstić information content (AvgIpc) is 3.19. The summed E-state index contributed by atoms with van der Waals surface area (Å²) in [6, 6.07) is 1.95. The van der Waals surface area contributed by atoms with E-state index < -0.39 is 50.5 Å². The van der Waals surface area contributed by atoms with Gasteiger partial charge in [-0.2, -0.15) is 5.26 Å². The zero-order valence-electron chi connectivity index (χ0n) is 18.3. The maximum Gasteiger partial charge on any atom is 0.303 e. The van der Waals surface area contributed by atoms with Crippen molar-refractivity contribution in [3.63, 3.8) is 0 Å². The van der Waals surface area contributed by atoms with Crippen LogP contribution in [0.25, 0.3) is 0 Å². The van der Waals surface area contributed by atoms with Crippen LogP contribution < -0.4 is 0 Å². The van der Waals surface area contributed by atoms with Crippen molar-refractivity contribution >= 4 is 26.0 Å². The summed E-state index contributed by atoms with van der Waals surface area (Å²) in [6.07, 6.45) is -2.61. The number of nitriles is 1. The van der Waals surface area contributed by atoms with Crippen LogP contribution in [0.5, 0.6) is 0 Å². The summed E-state index contributed by atoms with van der Waals surface area (Å²) >= 11 is 0. The maximum absolute atomic E-state index is 11.8. The average molecular weight is 448 g/mol. The SMILES string of the molecule is CC(=O)OC[C@H]1O[C@@H](n2cc(C#N)nc2C#C[Si](C)(C)C)[C@H](OC(C)=O)[C@@H]1OC(C)=O. The molecule has 0 unspecified atom stereocenters.